The lowest BCUT2D eigenvalue weighted by Gasteiger charge is -2.31. The molecule has 3 rings (SSSR count). The van der Waals surface area contributed by atoms with E-state index in [-0.39, 0.29) is 22.4 Å². The number of nitrogens with one attached hydrogen (secondary N) is 1. The van der Waals surface area contributed by atoms with Gasteiger partial charge < -0.3 is 9.47 Å². The van der Waals surface area contributed by atoms with Crippen molar-refractivity contribution < 1.29 is 27.5 Å². The number of aromatic nitrogens is 1. The van der Waals surface area contributed by atoms with Crippen LogP contribution in [0.1, 0.15) is 71.8 Å². The number of amides is 1. The molecule has 9 nitrogen and oxygen atoms in total. The van der Waals surface area contributed by atoms with Crippen LogP contribution in [0.15, 0.2) is 52.5 Å². The molecule has 0 atom stereocenters. The maximum absolute atomic E-state index is 13.2. The van der Waals surface area contributed by atoms with Gasteiger partial charge in [-0.25, -0.2) is 13.4 Å². The minimum Gasteiger partial charge on any atom is -0.497 e. The van der Waals surface area contributed by atoms with E-state index in [0.29, 0.717) is 29.8 Å². The predicted octanol–water partition coefficient (Wildman–Crippen LogP) is 4.86. The second-order valence-corrected chi connectivity index (χ2v) is 12.6. The van der Waals surface area contributed by atoms with Crippen LogP contribution in [-0.2, 0) is 30.8 Å². The number of pyridine rings is 1. The van der Waals surface area contributed by atoms with Gasteiger partial charge in [0, 0.05) is 19.2 Å². The number of methoxy groups -OCH3 is 1. The minimum atomic E-state index is -3.83. The molecular formula is C28H41N3O6S. The summed E-state index contributed by atoms with van der Waals surface area (Å²) >= 11 is 0. The van der Waals surface area contributed by atoms with Gasteiger partial charge in [-0.2, -0.15) is 0 Å². The molecule has 1 amide bonds. The van der Waals surface area contributed by atoms with Crippen molar-refractivity contribution in [2.45, 2.75) is 94.4 Å². The normalized spacial score (nSPS) is 18.4. The first-order valence-corrected chi connectivity index (χ1v) is 14.7. The molecule has 38 heavy (non-hydrogen) atoms. The summed E-state index contributed by atoms with van der Waals surface area (Å²) in [4.78, 5) is 23.1. The standard InChI is InChI=1S/C28H41N3O6S/c1-6-17-36-24-9-7-21(8-10-24)18-26(32)30-31(37-28(2,3)4)20-22-15-16-29-27(19-22)38(33,34)25-13-11-23(35-5)12-14-25/h11-16,19,21,24H,6-10,17-18,20H2,1-5H3,(H,30,32)/t21-,24-. The van der Waals surface area contributed by atoms with Crippen LogP contribution in [0.2, 0.25) is 0 Å². The zero-order chi connectivity index (χ0) is 27.8. The van der Waals surface area contributed by atoms with E-state index >= 15 is 0 Å². The molecule has 1 aromatic heterocycles. The van der Waals surface area contributed by atoms with E-state index < -0.39 is 15.4 Å². The number of nitrogens with zero attached hydrogens (tertiary/aromatic N) is 2. The summed E-state index contributed by atoms with van der Waals surface area (Å²) in [5.74, 6) is 0.733. The number of benzene rings is 1. The van der Waals surface area contributed by atoms with Gasteiger partial charge in [-0.3, -0.25) is 15.1 Å². The molecule has 1 saturated carbocycles. The monoisotopic (exact) mass is 547 g/mol. The number of sulfone groups is 1. The highest BCUT2D eigenvalue weighted by Crippen LogP contribution is 2.29. The van der Waals surface area contributed by atoms with Gasteiger partial charge in [0.15, 0.2) is 5.03 Å². The Morgan fingerprint density at radius 2 is 1.79 bits per heavy atom. The highest BCUT2D eigenvalue weighted by atomic mass is 32.2. The number of hydrogen-bond donors (Lipinski definition) is 1. The van der Waals surface area contributed by atoms with Crippen LogP contribution >= 0.6 is 0 Å². The molecule has 0 bridgehead atoms. The quantitative estimate of drug-likeness (QED) is 0.376. The summed E-state index contributed by atoms with van der Waals surface area (Å²) in [6, 6.07) is 9.37. The second kappa shape index (κ2) is 13.5. The Morgan fingerprint density at radius 1 is 1.11 bits per heavy atom. The fourth-order valence-corrected chi connectivity index (χ4v) is 5.64. The molecule has 1 aliphatic carbocycles. The van der Waals surface area contributed by atoms with E-state index in [1.165, 1.54) is 36.7 Å². The van der Waals surface area contributed by atoms with Crippen LogP contribution in [0.5, 0.6) is 5.75 Å². The highest BCUT2D eigenvalue weighted by Gasteiger charge is 2.26. The van der Waals surface area contributed by atoms with Crippen LogP contribution in [0.3, 0.4) is 0 Å². The molecule has 1 heterocycles. The van der Waals surface area contributed by atoms with Crippen molar-refractivity contribution in [3.8, 4) is 5.75 Å². The Morgan fingerprint density at radius 3 is 2.39 bits per heavy atom. The summed E-state index contributed by atoms with van der Waals surface area (Å²) in [6.45, 7) is 8.69. The van der Waals surface area contributed by atoms with Crippen molar-refractivity contribution in [2.24, 2.45) is 5.92 Å². The van der Waals surface area contributed by atoms with E-state index in [2.05, 4.69) is 17.3 Å². The first-order valence-electron chi connectivity index (χ1n) is 13.2. The second-order valence-electron chi connectivity index (χ2n) is 10.7. The summed E-state index contributed by atoms with van der Waals surface area (Å²) in [7, 11) is -2.31. The Hall–Kier alpha value is -2.53. The third kappa shape index (κ3) is 9.04. The van der Waals surface area contributed by atoms with Gasteiger partial charge in [0.2, 0.25) is 15.7 Å². The maximum Gasteiger partial charge on any atom is 0.236 e. The van der Waals surface area contributed by atoms with E-state index in [9.17, 15) is 13.2 Å². The summed E-state index contributed by atoms with van der Waals surface area (Å²) in [6.07, 6.45) is 7.02. The molecule has 1 fully saturated rings. The zero-order valence-corrected chi connectivity index (χ0v) is 23.9. The lowest BCUT2D eigenvalue weighted by Crippen LogP contribution is -2.46. The Labute approximate surface area is 226 Å². The number of carbonyl (C=O) groups is 1. The highest BCUT2D eigenvalue weighted by molar-refractivity contribution is 7.91. The first-order chi connectivity index (χ1) is 18.0. The number of carbonyl (C=O) groups excluding carboxylic acids is 1. The number of hydrazine groups is 1. The fourth-order valence-electron chi connectivity index (χ4n) is 4.40. The van der Waals surface area contributed by atoms with Crippen molar-refractivity contribution in [2.75, 3.05) is 13.7 Å². The van der Waals surface area contributed by atoms with Gasteiger partial charge in [0.1, 0.15) is 5.75 Å². The fraction of sp³-hybridized carbons (Fsp3) is 0.571. The van der Waals surface area contributed by atoms with Crippen LogP contribution < -0.4 is 10.2 Å². The third-order valence-corrected chi connectivity index (χ3v) is 7.90. The lowest BCUT2D eigenvalue weighted by atomic mass is 9.85. The van der Waals surface area contributed by atoms with Gasteiger partial charge in [-0.15, -0.1) is 0 Å². The predicted molar refractivity (Wildman–Crippen MR) is 144 cm³/mol. The van der Waals surface area contributed by atoms with Gasteiger partial charge in [0.05, 0.1) is 30.3 Å². The Kier molecular flexibility index (Phi) is 10.7. The van der Waals surface area contributed by atoms with Crippen LogP contribution in [-0.4, -0.2) is 49.9 Å². The average Bonchev–Trinajstić information content (AvgIpc) is 2.87. The molecule has 210 valence electrons. The number of hydroxylamine groups is 1. The largest absolute Gasteiger partial charge is 0.497 e. The molecule has 1 aliphatic rings. The molecule has 0 saturated heterocycles. The van der Waals surface area contributed by atoms with Crippen molar-refractivity contribution in [3.63, 3.8) is 0 Å². The van der Waals surface area contributed by atoms with Crippen LogP contribution in [0.4, 0.5) is 0 Å². The molecule has 10 heteroatoms. The Bertz CT molecular complexity index is 1140. The lowest BCUT2D eigenvalue weighted by molar-refractivity contribution is -0.261. The van der Waals surface area contributed by atoms with Crippen molar-refractivity contribution >= 4 is 15.7 Å². The maximum atomic E-state index is 13.2. The smallest absolute Gasteiger partial charge is 0.236 e. The minimum absolute atomic E-state index is 0.0794. The zero-order valence-electron chi connectivity index (χ0n) is 23.1. The van der Waals surface area contributed by atoms with Crippen molar-refractivity contribution in [1.29, 1.82) is 0 Å². The van der Waals surface area contributed by atoms with Gasteiger partial charge in [-0.1, -0.05) is 12.1 Å². The molecule has 0 unspecified atom stereocenters. The SMILES string of the molecule is CCCO[C@H]1CC[C@H](CC(=O)NN(Cc2ccnc(S(=O)(=O)c3ccc(OC)cc3)c2)OC(C)(C)C)CC1. The van der Waals surface area contributed by atoms with E-state index in [1.54, 1.807) is 18.2 Å². The average molecular weight is 548 g/mol. The number of ether oxygens (including phenoxy) is 2. The Balaban J connectivity index is 1.66. The van der Waals surface area contributed by atoms with Gasteiger partial charge in [-0.05, 0) is 101 Å². The van der Waals surface area contributed by atoms with Crippen LogP contribution in [0.25, 0.3) is 0 Å². The summed E-state index contributed by atoms with van der Waals surface area (Å²) in [5.41, 5.74) is 2.93. The first kappa shape index (κ1) is 30.0. The van der Waals surface area contributed by atoms with Crippen LogP contribution in [0, 0.1) is 5.92 Å². The topological polar surface area (TPSA) is 107 Å². The van der Waals surface area contributed by atoms with Crippen molar-refractivity contribution in [3.05, 3.63) is 48.2 Å². The summed E-state index contributed by atoms with van der Waals surface area (Å²) < 4.78 is 37.3. The van der Waals surface area contributed by atoms with E-state index in [1.807, 2.05) is 20.8 Å². The molecule has 0 aliphatic heterocycles. The van der Waals surface area contributed by atoms with E-state index in [0.717, 1.165) is 38.7 Å². The van der Waals surface area contributed by atoms with E-state index in [4.69, 9.17) is 14.3 Å². The number of rotatable bonds is 12. The molecule has 1 aromatic carbocycles. The molecule has 0 spiro atoms. The molecular weight excluding hydrogens is 506 g/mol. The third-order valence-electron chi connectivity index (χ3n) is 6.23. The molecule has 0 radical (unpaired) electrons. The molecule has 2 aromatic rings. The van der Waals surface area contributed by atoms with Gasteiger partial charge >= 0.3 is 0 Å². The summed E-state index contributed by atoms with van der Waals surface area (Å²) in [5, 5.41) is 1.31. The number of hydrogen-bond acceptors (Lipinski definition) is 8. The molecule has 1 N–H and O–H groups in total. The van der Waals surface area contributed by atoms with Gasteiger partial charge in [0.25, 0.3) is 0 Å². The van der Waals surface area contributed by atoms with Crippen molar-refractivity contribution in [1.82, 2.24) is 15.6 Å².